The minimum Gasteiger partial charge on any atom is -0.508 e. The van der Waals surface area contributed by atoms with Gasteiger partial charge >= 0.3 is 0 Å². The molecule has 0 unspecified atom stereocenters. The van der Waals surface area contributed by atoms with Crippen molar-refractivity contribution in [1.29, 1.82) is 0 Å². The SMILES string of the molecule is CC/C(C)=C(Sc1ccc(O)c(C(C)C)c1)\C(C)=C/CN1CCOCC1. The Morgan fingerprint density at radius 1 is 1.27 bits per heavy atom. The first kappa shape index (κ1) is 21.1. The van der Waals surface area contributed by atoms with Crippen LogP contribution in [0.15, 0.2) is 45.2 Å². The van der Waals surface area contributed by atoms with Crippen molar-refractivity contribution in [3.8, 4) is 5.75 Å². The van der Waals surface area contributed by atoms with Crippen molar-refractivity contribution in [3.05, 3.63) is 45.9 Å². The molecule has 1 saturated heterocycles. The molecule has 0 aromatic heterocycles. The summed E-state index contributed by atoms with van der Waals surface area (Å²) < 4.78 is 5.43. The second kappa shape index (κ2) is 10.2. The first-order valence-corrected chi connectivity index (χ1v) is 10.4. The van der Waals surface area contributed by atoms with Gasteiger partial charge in [-0.25, -0.2) is 0 Å². The number of hydrogen-bond donors (Lipinski definition) is 1. The molecule has 1 N–H and O–H groups in total. The Balaban J connectivity index is 2.18. The van der Waals surface area contributed by atoms with Crippen molar-refractivity contribution in [2.75, 3.05) is 32.8 Å². The summed E-state index contributed by atoms with van der Waals surface area (Å²) >= 11 is 1.81. The standard InChI is InChI=1S/C22H33NO2S/c1-6-17(4)22(18(5)9-10-23-11-13-25-14-12-23)26-19-7-8-21(24)20(15-19)16(2)3/h7-9,15-16,24H,6,10-14H2,1-5H3/b18-9-,22-17+. The first-order chi connectivity index (χ1) is 12.4. The monoisotopic (exact) mass is 375 g/mol. The number of rotatable bonds is 7. The summed E-state index contributed by atoms with van der Waals surface area (Å²) in [6.07, 6.45) is 3.39. The highest BCUT2D eigenvalue weighted by atomic mass is 32.2. The molecule has 1 fully saturated rings. The van der Waals surface area contributed by atoms with Gasteiger partial charge in [0.05, 0.1) is 13.2 Å². The molecule has 2 rings (SSSR count). The summed E-state index contributed by atoms with van der Waals surface area (Å²) in [5.74, 6) is 0.704. The average molecular weight is 376 g/mol. The third-order valence-corrected chi connectivity index (χ3v) is 6.24. The Labute approximate surface area is 163 Å². The zero-order valence-corrected chi connectivity index (χ0v) is 17.7. The maximum absolute atomic E-state index is 10.1. The minimum atomic E-state index is 0.313. The van der Waals surface area contributed by atoms with Gasteiger partial charge in [0, 0.05) is 29.4 Å². The fraction of sp³-hybridized carbons (Fsp3) is 0.545. The van der Waals surface area contributed by atoms with E-state index >= 15 is 0 Å². The van der Waals surface area contributed by atoms with Gasteiger partial charge in [-0.05, 0) is 55.5 Å². The van der Waals surface area contributed by atoms with Crippen LogP contribution in [0.2, 0.25) is 0 Å². The molecule has 0 radical (unpaired) electrons. The number of morpholine rings is 1. The van der Waals surface area contributed by atoms with E-state index in [9.17, 15) is 5.11 Å². The number of aromatic hydroxyl groups is 1. The van der Waals surface area contributed by atoms with E-state index in [0.29, 0.717) is 11.7 Å². The summed E-state index contributed by atoms with van der Waals surface area (Å²) in [6, 6.07) is 5.97. The largest absolute Gasteiger partial charge is 0.508 e. The van der Waals surface area contributed by atoms with Crippen molar-refractivity contribution in [3.63, 3.8) is 0 Å². The van der Waals surface area contributed by atoms with Crippen LogP contribution in [0.4, 0.5) is 0 Å². The highest BCUT2D eigenvalue weighted by Crippen LogP contribution is 2.38. The summed E-state index contributed by atoms with van der Waals surface area (Å²) in [5.41, 5.74) is 3.75. The smallest absolute Gasteiger partial charge is 0.119 e. The van der Waals surface area contributed by atoms with Gasteiger partial charge in [0.1, 0.15) is 5.75 Å². The number of phenols is 1. The molecular weight excluding hydrogens is 342 g/mol. The van der Waals surface area contributed by atoms with E-state index in [4.69, 9.17) is 4.74 Å². The van der Waals surface area contributed by atoms with Gasteiger partial charge in [-0.2, -0.15) is 0 Å². The van der Waals surface area contributed by atoms with Crippen LogP contribution in [-0.2, 0) is 4.74 Å². The van der Waals surface area contributed by atoms with E-state index in [0.717, 1.165) is 44.8 Å². The molecule has 144 valence electrons. The number of hydrogen-bond acceptors (Lipinski definition) is 4. The summed E-state index contributed by atoms with van der Waals surface area (Å²) in [6.45, 7) is 15.6. The van der Waals surface area contributed by atoms with Crippen LogP contribution in [0.1, 0.15) is 52.5 Å². The lowest BCUT2D eigenvalue weighted by Gasteiger charge is -2.25. The van der Waals surface area contributed by atoms with Gasteiger partial charge in [0.2, 0.25) is 0 Å². The van der Waals surface area contributed by atoms with Gasteiger partial charge < -0.3 is 9.84 Å². The average Bonchev–Trinajstić information content (AvgIpc) is 2.65. The lowest BCUT2D eigenvalue weighted by molar-refractivity contribution is 0.0434. The molecule has 1 aliphatic rings. The maximum atomic E-state index is 10.1. The van der Waals surface area contributed by atoms with Gasteiger partial charge in [-0.1, -0.05) is 44.2 Å². The Bertz CT molecular complexity index is 658. The van der Waals surface area contributed by atoms with Crippen molar-refractivity contribution in [1.82, 2.24) is 4.90 Å². The zero-order chi connectivity index (χ0) is 19.1. The number of phenolic OH excluding ortho intramolecular Hbond substituents is 1. The molecule has 26 heavy (non-hydrogen) atoms. The number of allylic oxidation sites excluding steroid dienone is 2. The summed E-state index contributed by atoms with van der Waals surface area (Å²) in [4.78, 5) is 4.98. The van der Waals surface area contributed by atoms with Gasteiger partial charge in [0.25, 0.3) is 0 Å². The maximum Gasteiger partial charge on any atom is 0.119 e. The van der Waals surface area contributed by atoms with Crippen molar-refractivity contribution in [2.45, 2.75) is 51.9 Å². The van der Waals surface area contributed by atoms with E-state index in [1.165, 1.54) is 20.9 Å². The third kappa shape index (κ3) is 5.90. The molecule has 1 aromatic carbocycles. The number of nitrogens with zero attached hydrogens (tertiary/aromatic N) is 1. The van der Waals surface area contributed by atoms with Gasteiger partial charge in [0.15, 0.2) is 0 Å². The number of ether oxygens (including phenoxy) is 1. The zero-order valence-electron chi connectivity index (χ0n) is 16.8. The number of benzene rings is 1. The molecule has 1 heterocycles. The van der Waals surface area contributed by atoms with Crippen molar-refractivity contribution >= 4 is 11.8 Å². The van der Waals surface area contributed by atoms with E-state index in [1.54, 1.807) is 0 Å². The predicted octanol–water partition coefficient (Wildman–Crippen LogP) is 5.57. The molecule has 0 atom stereocenters. The van der Waals surface area contributed by atoms with Crippen molar-refractivity contribution in [2.24, 2.45) is 0 Å². The van der Waals surface area contributed by atoms with Crippen LogP contribution in [0, 0.1) is 0 Å². The highest BCUT2D eigenvalue weighted by molar-refractivity contribution is 8.03. The molecule has 4 heteroatoms. The Morgan fingerprint density at radius 3 is 2.58 bits per heavy atom. The second-order valence-corrected chi connectivity index (χ2v) is 8.32. The normalized spacial score (nSPS) is 17.5. The van der Waals surface area contributed by atoms with Gasteiger partial charge in [-0.3, -0.25) is 4.90 Å². The fourth-order valence-corrected chi connectivity index (χ4v) is 4.10. The lowest BCUT2D eigenvalue weighted by Crippen LogP contribution is -2.36. The van der Waals surface area contributed by atoms with Crippen molar-refractivity contribution < 1.29 is 9.84 Å². The fourth-order valence-electron chi connectivity index (χ4n) is 2.98. The molecule has 3 nitrogen and oxygen atoms in total. The Morgan fingerprint density at radius 2 is 1.96 bits per heavy atom. The molecular formula is C22H33NO2S. The van der Waals surface area contributed by atoms with E-state index in [1.807, 2.05) is 23.9 Å². The second-order valence-electron chi connectivity index (χ2n) is 7.24. The quantitative estimate of drug-likeness (QED) is 0.499. The molecule has 0 spiro atoms. The Kier molecular flexibility index (Phi) is 8.26. The lowest BCUT2D eigenvalue weighted by atomic mass is 10.0. The summed E-state index contributed by atoms with van der Waals surface area (Å²) in [5, 5.41) is 10.1. The van der Waals surface area contributed by atoms with Crippen LogP contribution < -0.4 is 0 Å². The first-order valence-electron chi connectivity index (χ1n) is 9.60. The van der Waals surface area contributed by atoms with Crippen LogP contribution in [0.25, 0.3) is 0 Å². The minimum absolute atomic E-state index is 0.313. The van der Waals surface area contributed by atoms with E-state index in [-0.39, 0.29) is 0 Å². The van der Waals surface area contributed by atoms with Crippen LogP contribution in [0.3, 0.4) is 0 Å². The number of thioether (sulfide) groups is 1. The molecule has 0 aliphatic carbocycles. The highest BCUT2D eigenvalue weighted by Gasteiger charge is 2.13. The summed E-state index contributed by atoms with van der Waals surface area (Å²) in [7, 11) is 0. The van der Waals surface area contributed by atoms with E-state index in [2.05, 4.69) is 51.7 Å². The van der Waals surface area contributed by atoms with Crippen LogP contribution in [-0.4, -0.2) is 42.9 Å². The molecule has 1 aromatic rings. The Hall–Kier alpha value is -1.23. The molecule has 0 amide bonds. The molecule has 0 bridgehead atoms. The van der Waals surface area contributed by atoms with Crippen LogP contribution in [0.5, 0.6) is 5.75 Å². The van der Waals surface area contributed by atoms with E-state index < -0.39 is 0 Å². The third-order valence-electron chi connectivity index (χ3n) is 4.88. The molecule has 1 aliphatic heterocycles. The van der Waals surface area contributed by atoms with Crippen LogP contribution >= 0.6 is 11.8 Å². The topological polar surface area (TPSA) is 32.7 Å². The van der Waals surface area contributed by atoms with Gasteiger partial charge in [-0.15, -0.1) is 0 Å². The molecule has 0 saturated carbocycles. The predicted molar refractivity (Wildman–Crippen MR) is 112 cm³/mol.